The highest BCUT2D eigenvalue weighted by atomic mass is 16.5. The van der Waals surface area contributed by atoms with Crippen molar-refractivity contribution < 1.29 is 4.74 Å². The summed E-state index contributed by atoms with van der Waals surface area (Å²) >= 11 is 0. The molecule has 3 aromatic rings. The Kier molecular flexibility index (Phi) is 6.19. The third-order valence-electron chi connectivity index (χ3n) is 4.91. The molecule has 2 heterocycles. The van der Waals surface area contributed by atoms with Gasteiger partial charge in [0, 0.05) is 36.9 Å². The molecule has 0 radical (unpaired) electrons. The lowest BCUT2D eigenvalue weighted by molar-refractivity contribution is 0.288. The van der Waals surface area contributed by atoms with E-state index in [2.05, 4.69) is 33.6 Å². The zero-order valence-electron chi connectivity index (χ0n) is 16.8. The molecule has 1 aromatic carbocycles. The van der Waals surface area contributed by atoms with E-state index in [1.54, 1.807) is 6.20 Å². The number of hydrogen-bond donors (Lipinski definition) is 2. The Labute approximate surface area is 171 Å². The summed E-state index contributed by atoms with van der Waals surface area (Å²) in [6.45, 7) is 4.88. The minimum atomic E-state index is 0.564. The standard InChI is InChI=1S/C23H27N5O/c1-2-24-23(28-15-19-10-12-25-21-6-4-3-5-20(19)21)27-14-18-9-11-26-22(13-18)29-16-17-7-8-17/h3-6,9-13,17H,2,7-8,14-16H2,1H3,(H2,24,27,28). The van der Waals surface area contributed by atoms with E-state index in [4.69, 9.17) is 9.73 Å². The molecular formula is C23H27N5O. The number of nitrogens with zero attached hydrogens (tertiary/aromatic N) is 3. The van der Waals surface area contributed by atoms with Crippen molar-refractivity contribution in [1.82, 2.24) is 20.6 Å². The number of pyridine rings is 2. The van der Waals surface area contributed by atoms with Crippen LogP contribution >= 0.6 is 0 Å². The number of fused-ring (bicyclic) bond motifs is 1. The number of guanidine groups is 1. The molecule has 0 atom stereocenters. The fraction of sp³-hybridized carbons (Fsp3) is 0.348. The highest BCUT2D eigenvalue weighted by Crippen LogP contribution is 2.29. The van der Waals surface area contributed by atoms with Crippen LogP contribution in [0, 0.1) is 5.92 Å². The van der Waals surface area contributed by atoms with E-state index < -0.39 is 0 Å². The van der Waals surface area contributed by atoms with E-state index in [0.29, 0.717) is 24.9 Å². The Morgan fingerprint density at radius 1 is 1.10 bits per heavy atom. The first-order valence-electron chi connectivity index (χ1n) is 10.2. The fourth-order valence-electron chi connectivity index (χ4n) is 3.12. The van der Waals surface area contributed by atoms with E-state index in [9.17, 15) is 0 Å². The van der Waals surface area contributed by atoms with Gasteiger partial charge in [-0.3, -0.25) is 4.98 Å². The molecule has 2 N–H and O–H groups in total. The van der Waals surface area contributed by atoms with Crippen LogP contribution in [-0.4, -0.2) is 29.1 Å². The maximum atomic E-state index is 5.77. The Bertz CT molecular complexity index is 978. The summed E-state index contributed by atoms with van der Waals surface area (Å²) in [7, 11) is 0. The first kappa shape index (κ1) is 19.2. The van der Waals surface area contributed by atoms with Crippen molar-refractivity contribution in [3.63, 3.8) is 0 Å². The van der Waals surface area contributed by atoms with Gasteiger partial charge in [0.25, 0.3) is 0 Å². The molecule has 6 heteroatoms. The molecule has 1 aliphatic rings. The van der Waals surface area contributed by atoms with Crippen molar-refractivity contribution in [2.45, 2.75) is 32.9 Å². The Balaban J connectivity index is 1.40. The molecule has 0 aliphatic heterocycles. The number of benzene rings is 1. The van der Waals surface area contributed by atoms with Gasteiger partial charge < -0.3 is 15.4 Å². The SMILES string of the molecule is CCNC(=NCc1ccnc(OCC2CC2)c1)NCc1ccnc2ccccc12. The van der Waals surface area contributed by atoms with Gasteiger partial charge in [-0.05, 0) is 55.0 Å². The lowest BCUT2D eigenvalue weighted by atomic mass is 10.1. The zero-order valence-corrected chi connectivity index (χ0v) is 16.8. The third-order valence-corrected chi connectivity index (χ3v) is 4.91. The van der Waals surface area contributed by atoms with Crippen LogP contribution in [0.2, 0.25) is 0 Å². The van der Waals surface area contributed by atoms with E-state index in [-0.39, 0.29) is 0 Å². The molecule has 6 nitrogen and oxygen atoms in total. The van der Waals surface area contributed by atoms with Gasteiger partial charge >= 0.3 is 0 Å². The minimum Gasteiger partial charge on any atom is -0.477 e. The molecule has 0 bridgehead atoms. The van der Waals surface area contributed by atoms with Crippen LogP contribution in [0.1, 0.15) is 30.9 Å². The second-order valence-corrected chi connectivity index (χ2v) is 7.29. The zero-order chi connectivity index (χ0) is 19.9. The Hall–Kier alpha value is -3.15. The molecule has 2 aromatic heterocycles. The lowest BCUT2D eigenvalue weighted by Crippen LogP contribution is -2.36. The van der Waals surface area contributed by atoms with Crippen LogP contribution in [0.15, 0.2) is 59.9 Å². The van der Waals surface area contributed by atoms with Crippen molar-refractivity contribution >= 4 is 16.9 Å². The van der Waals surface area contributed by atoms with Gasteiger partial charge in [0.2, 0.25) is 5.88 Å². The van der Waals surface area contributed by atoms with E-state index in [0.717, 1.165) is 35.6 Å². The van der Waals surface area contributed by atoms with Gasteiger partial charge in [0.1, 0.15) is 0 Å². The second-order valence-electron chi connectivity index (χ2n) is 7.29. The first-order chi connectivity index (χ1) is 14.3. The summed E-state index contributed by atoms with van der Waals surface area (Å²) in [6, 6.07) is 14.2. The Morgan fingerprint density at radius 3 is 2.83 bits per heavy atom. The van der Waals surface area contributed by atoms with Gasteiger partial charge in [-0.25, -0.2) is 9.98 Å². The molecule has 1 fully saturated rings. The predicted molar refractivity (Wildman–Crippen MR) is 116 cm³/mol. The van der Waals surface area contributed by atoms with Gasteiger partial charge in [-0.2, -0.15) is 0 Å². The quantitative estimate of drug-likeness (QED) is 0.454. The molecule has 0 unspecified atom stereocenters. The number of ether oxygens (including phenoxy) is 1. The summed E-state index contributed by atoms with van der Waals surface area (Å²) in [5.41, 5.74) is 3.28. The Morgan fingerprint density at radius 2 is 1.97 bits per heavy atom. The smallest absolute Gasteiger partial charge is 0.213 e. The van der Waals surface area contributed by atoms with Crippen LogP contribution in [0.5, 0.6) is 5.88 Å². The summed E-state index contributed by atoms with van der Waals surface area (Å²) in [6.07, 6.45) is 6.18. The summed E-state index contributed by atoms with van der Waals surface area (Å²) in [5, 5.41) is 7.89. The molecule has 1 aliphatic carbocycles. The molecule has 0 amide bonds. The van der Waals surface area contributed by atoms with Crippen molar-refractivity contribution in [1.29, 1.82) is 0 Å². The van der Waals surface area contributed by atoms with Gasteiger partial charge in [0.05, 0.1) is 18.7 Å². The monoisotopic (exact) mass is 389 g/mol. The number of aliphatic imine (C=N–C) groups is 1. The fourth-order valence-corrected chi connectivity index (χ4v) is 3.12. The van der Waals surface area contributed by atoms with Crippen LogP contribution in [-0.2, 0) is 13.1 Å². The molecule has 0 saturated heterocycles. The van der Waals surface area contributed by atoms with E-state index in [1.807, 2.05) is 42.6 Å². The molecule has 29 heavy (non-hydrogen) atoms. The van der Waals surface area contributed by atoms with E-state index >= 15 is 0 Å². The number of aromatic nitrogens is 2. The second kappa shape index (κ2) is 9.37. The van der Waals surface area contributed by atoms with E-state index in [1.165, 1.54) is 18.4 Å². The average molecular weight is 390 g/mol. The van der Waals surface area contributed by atoms with Crippen molar-refractivity contribution in [2.24, 2.45) is 10.9 Å². The highest BCUT2D eigenvalue weighted by molar-refractivity contribution is 5.83. The lowest BCUT2D eigenvalue weighted by Gasteiger charge is -2.13. The van der Waals surface area contributed by atoms with Gasteiger partial charge in [-0.15, -0.1) is 0 Å². The molecular weight excluding hydrogens is 362 g/mol. The van der Waals surface area contributed by atoms with Gasteiger partial charge in [-0.1, -0.05) is 18.2 Å². The van der Waals surface area contributed by atoms with Crippen LogP contribution in [0.3, 0.4) is 0 Å². The van der Waals surface area contributed by atoms with Crippen molar-refractivity contribution in [2.75, 3.05) is 13.2 Å². The van der Waals surface area contributed by atoms with Crippen molar-refractivity contribution in [3.05, 3.63) is 66.0 Å². The maximum Gasteiger partial charge on any atom is 0.213 e. The topological polar surface area (TPSA) is 71.4 Å². The molecule has 4 rings (SSSR count). The average Bonchev–Trinajstić information content (AvgIpc) is 3.59. The highest BCUT2D eigenvalue weighted by Gasteiger charge is 2.22. The summed E-state index contributed by atoms with van der Waals surface area (Å²) < 4.78 is 5.77. The molecule has 0 spiro atoms. The summed E-state index contributed by atoms with van der Waals surface area (Å²) in [4.78, 5) is 13.5. The molecule has 150 valence electrons. The largest absolute Gasteiger partial charge is 0.477 e. The third kappa shape index (κ3) is 5.44. The normalized spacial score (nSPS) is 14.0. The molecule has 1 saturated carbocycles. The van der Waals surface area contributed by atoms with Crippen LogP contribution < -0.4 is 15.4 Å². The van der Waals surface area contributed by atoms with Crippen LogP contribution in [0.25, 0.3) is 10.9 Å². The first-order valence-corrected chi connectivity index (χ1v) is 10.2. The predicted octanol–water partition coefficient (Wildman–Crippen LogP) is 3.67. The summed E-state index contributed by atoms with van der Waals surface area (Å²) in [5.74, 6) is 2.18. The number of rotatable bonds is 8. The number of hydrogen-bond acceptors (Lipinski definition) is 4. The van der Waals surface area contributed by atoms with Gasteiger partial charge in [0.15, 0.2) is 5.96 Å². The van der Waals surface area contributed by atoms with Crippen LogP contribution in [0.4, 0.5) is 0 Å². The number of para-hydroxylation sites is 1. The maximum absolute atomic E-state index is 5.77. The minimum absolute atomic E-state index is 0.564. The number of nitrogens with one attached hydrogen (secondary N) is 2. The van der Waals surface area contributed by atoms with Crippen molar-refractivity contribution in [3.8, 4) is 5.88 Å².